The molecule has 1 saturated heterocycles. The second-order valence-electron chi connectivity index (χ2n) is 5.01. The van der Waals surface area contributed by atoms with Crippen LogP contribution in [0.4, 0.5) is 0 Å². The minimum absolute atomic E-state index is 0.161. The van der Waals surface area contributed by atoms with Gasteiger partial charge in [-0.05, 0) is 37.0 Å². The molecule has 0 bridgehead atoms. The van der Waals surface area contributed by atoms with Crippen molar-refractivity contribution in [2.45, 2.75) is 19.3 Å². The number of carbonyl (C=O) groups excluding carboxylic acids is 1. The number of hydrogen-bond donors (Lipinski definition) is 2. The van der Waals surface area contributed by atoms with Gasteiger partial charge in [-0.25, -0.2) is 0 Å². The van der Waals surface area contributed by atoms with Gasteiger partial charge in [-0.1, -0.05) is 12.1 Å². The van der Waals surface area contributed by atoms with Crippen LogP contribution < -0.4 is 5.32 Å². The molecule has 1 aromatic rings. The second-order valence-corrected chi connectivity index (χ2v) is 5.01. The lowest BCUT2D eigenvalue weighted by molar-refractivity contribution is -0.127. The van der Waals surface area contributed by atoms with Gasteiger partial charge < -0.3 is 10.4 Å². The fourth-order valence-corrected chi connectivity index (χ4v) is 3.00. The second kappa shape index (κ2) is 3.24. The van der Waals surface area contributed by atoms with Crippen molar-refractivity contribution in [3.8, 4) is 5.75 Å². The fourth-order valence-electron chi connectivity index (χ4n) is 3.00. The van der Waals surface area contributed by atoms with Gasteiger partial charge >= 0.3 is 0 Å². The van der Waals surface area contributed by atoms with Crippen molar-refractivity contribution in [1.82, 2.24) is 5.32 Å². The summed E-state index contributed by atoms with van der Waals surface area (Å²) in [7, 11) is 0. The zero-order valence-electron chi connectivity index (χ0n) is 9.07. The van der Waals surface area contributed by atoms with Crippen molar-refractivity contribution in [2.75, 3.05) is 6.54 Å². The molecular weight excluding hydrogens is 202 g/mol. The minimum Gasteiger partial charge on any atom is -0.508 e. The lowest BCUT2D eigenvalue weighted by Gasteiger charge is -2.42. The number of amides is 1. The Morgan fingerprint density at radius 3 is 2.69 bits per heavy atom. The molecule has 1 saturated carbocycles. The van der Waals surface area contributed by atoms with Crippen LogP contribution >= 0.6 is 0 Å². The Morgan fingerprint density at radius 2 is 2.12 bits per heavy atom. The average Bonchev–Trinajstić information content (AvgIpc) is 2.44. The van der Waals surface area contributed by atoms with Gasteiger partial charge in [0.25, 0.3) is 0 Å². The van der Waals surface area contributed by atoms with Gasteiger partial charge in [0.1, 0.15) is 5.75 Å². The number of hydrogen-bond acceptors (Lipinski definition) is 2. The average molecular weight is 217 g/mol. The molecule has 2 aliphatic rings. The number of phenols is 1. The van der Waals surface area contributed by atoms with Crippen molar-refractivity contribution in [3.05, 3.63) is 29.8 Å². The van der Waals surface area contributed by atoms with Gasteiger partial charge in [-0.15, -0.1) is 0 Å². The summed E-state index contributed by atoms with van der Waals surface area (Å²) in [6, 6.07) is 7.32. The number of phenolic OH excluding ortho intramolecular Hbond substituents is 1. The monoisotopic (exact) mass is 217 g/mol. The van der Waals surface area contributed by atoms with Crippen LogP contribution in [-0.4, -0.2) is 17.6 Å². The first kappa shape index (κ1) is 9.70. The highest BCUT2D eigenvalue weighted by atomic mass is 16.3. The molecular formula is C13H15NO2. The summed E-state index contributed by atoms with van der Waals surface area (Å²) in [5.41, 5.74) is 1.37. The number of nitrogens with one attached hydrogen (secondary N) is 1. The molecule has 1 aliphatic heterocycles. The van der Waals surface area contributed by atoms with Crippen molar-refractivity contribution in [2.24, 2.45) is 11.3 Å². The number of rotatable bonds is 2. The molecule has 1 aromatic carbocycles. The molecule has 0 aromatic heterocycles. The fraction of sp³-hybridized carbons (Fsp3) is 0.462. The Kier molecular flexibility index (Phi) is 1.96. The Balaban J connectivity index is 1.80. The third kappa shape index (κ3) is 1.31. The summed E-state index contributed by atoms with van der Waals surface area (Å²) in [5, 5.41) is 12.2. The lowest BCUT2D eigenvalue weighted by atomic mass is 9.59. The molecule has 84 valence electrons. The largest absolute Gasteiger partial charge is 0.508 e. The van der Waals surface area contributed by atoms with Crippen molar-refractivity contribution >= 4 is 5.91 Å². The van der Waals surface area contributed by atoms with Gasteiger partial charge in [0.05, 0.1) is 0 Å². The van der Waals surface area contributed by atoms with E-state index in [0.29, 0.717) is 5.75 Å². The Bertz CT molecular complexity index is 426. The zero-order chi connectivity index (χ0) is 11.2. The first-order valence-electron chi connectivity index (χ1n) is 5.75. The zero-order valence-corrected chi connectivity index (χ0v) is 9.07. The van der Waals surface area contributed by atoms with Crippen LogP contribution in [0.3, 0.4) is 0 Å². The van der Waals surface area contributed by atoms with E-state index in [2.05, 4.69) is 5.32 Å². The van der Waals surface area contributed by atoms with Crippen molar-refractivity contribution in [3.63, 3.8) is 0 Å². The van der Waals surface area contributed by atoms with Crippen LogP contribution in [0.25, 0.3) is 0 Å². The third-order valence-electron chi connectivity index (χ3n) is 4.09. The Labute approximate surface area is 94.5 Å². The molecule has 1 amide bonds. The molecule has 2 unspecified atom stereocenters. The van der Waals surface area contributed by atoms with Crippen molar-refractivity contribution < 1.29 is 9.90 Å². The van der Waals surface area contributed by atoms with Crippen LogP contribution in [0.1, 0.15) is 18.4 Å². The van der Waals surface area contributed by atoms with Crippen LogP contribution in [0.2, 0.25) is 0 Å². The Hall–Kier alpha value is -1.51. The highest BCUT2D eigenvalue weighted by molar-refractivity contribution is 5.83. The molecule has 2 fully saturated rings. The van der Waals surface area contributed by atoms with E-state index in [9.17, 15) is 9.90 Å². The van der Waals surface area contributed by atoms with Gasteiger partial charge in [-0.3, -0.25) is 4.79 Å². The predicted molar refractivity (Wildman–Crippen MR) is 60.0 cm³/mol. The highest BCUT2D eigenvalue weighted by Crippen LogP contribution is 2.51. The maximum atomic E-state index is 11.5. The molecule has 3 heteroatoms. The van der Waals surface area contributed by atoms with E-state index in [0.717, 1.165) is 25.8 Å². The summed E-state index contributed by atoms with van der Waals surface area (Å²) in [5.74, 6) is 0.748. The molecule has 16 heavy (non-hydrogen) atoms. The smallest absolute Gasteiger partial charge is 0.223 e. The van der Waals surface area contributed by atoms with Gasteiger partial charge in [0.2, 0.25) is 5.91 Å². The summed E-state index contributed by atoms with van der Waals surface area (Å²) in [6.45, 7) is 0.817. The van der Waals surface area contributed by atoms with E-state index in [1.807, 2.05) is 12.1 Å². The first-order valence-corrected chi connectivity index (χ1v) is 5.75. The minimum atomic E-state index is 0.161. The standard InChI is InChI=1S/C13H15NO2/c15-10-3-1-9(2-4-10)7-13-6-5-11(13)12(16)14-8-13/h1-4,11,15H,5-8H2,(H,14,16). The number of carbonyl (C=O) groups is 1. The molecule has 3 rings (SSSR count). The maximum Gasteiger partial charge on any atom is 0.223 e. The van der Waals surface area contributed by atoms with Gasteiger partial charge in [-0.2, -0.15) is 0 Å². The van der Waals surface area contributed by atoms with Crippen LogP contribution in [0.5, 0.6) is 5.75 Å². The molecule has 0 radical (unpaired) electrons. The number of benzene rings is 1. The van der Waals surface area contributed by atoms with Gasteiger partial charge in [0.15, 0.2) is 0 Å². The van der Waals surface area contributed by atoms with Crippen LogP contribution in [-0.2, 0) is 11.2 Å². The van der Waals surface area contributed by atoms with Crippen LogP contribution in [0, 0.1) is 11.3 Å². The normalized spacial score (nSPS) is 31.8. The quantitative estimate of drug-likeness (QED) is 0.788. The predicted octanol–water partition coefficient (Wildman–Crippen LogP) is 1.46. The SMILES string of the molecule is O=C1NCC2(Cc3ccc(O)cc3)CCC12. The summed E-state index contributed by atoms with van der Waals surface area (Å²) >= 11 is 0. The third-order valence-corrected chi connectivity index (χ3v) is 4.09. The lowest BCUT2D eigenvalue weighted by Crippen LogP contribution is -2.42. The molecule has 0 spiro atoms. The molecule has 2 N–H and O–H groups in total. The molecule has 3 nitrogen and oxygen atoms in total. The van der Waals surface area contributed by atoms with Gasteiger partial charge in [0, 0.05) is 17.9 Å². The number of fused-ring (bicyclic) bond motifs is 1. The molecule has 1 heterocycles. The maximum absolute atomic E-state index is 11.5. The number of aromatic hydroxyl groups is 1. The summed E-state index contributed by atoms with van der Waals surface area (Å²) < 4.78 is 0. The summed E-state index contributed by atoms with van der Waals surface area (Å²) in [6.07, 6.45) is 3.11. The highest BCUT2D eigenvalue weighted by Gasteiger charge is 2.54. The van der Waals surface area contributed by atoms with Crippen molar-refractivity contribution in [1.29, 1.82) is 0 Å². The summed E-state index contributed by atoms with van der Waals surface area (Å²) in [4.78, 5) is 11.5. The van der Waals surface area contributed by atoms with E-state index in [1.54, 1.807) is 12.1 Å². The topological polar surface area (TPSA) is 49.3 Å². The first-order chi connectivity index (χ1) is 7.70. The van der Waals surface area contributed by atoms with E-state index < -0.39 is 0 Å². The van der Waals surface area contributed by atoms with E-state index in [-0.39, 0.29) is 17.2 Å². The molecule has 2 atom stereocenters. The van der Waals surface area contributed by atoms with E-state index in [4.69, 9.17) is 0 Å². The molecule has 1 aliphatic carbocycles. The van der Waals surface area contributed by atoms with E-state index in [1.165, 1.54) is 5.56 Å². The van der Waals surface area contributed by atoms with E-state index >= 15 is 0 Å². The Morgan fingerprint density at radius 1 is 1.38 bits per heavy atom. The van der Waals surface area contributed by atoms with Crippen LogP contribution in [0.15, 0.2) is 24.3 Å².